The van der Waals surface area contributed by atoms with E-state index in [1.54, 1.807) is 13.2 Å². The minimum Gasteiger partial charge on any atom is -0.497 e. The van der Waals surface area contributed by atoms with E-state index < -0.39 is 11.6 Å². The zero-order valence-electron chi connectivity index (χ0n) is 11.8. The number of halogens is 2. The molecule has 0 bridgehead atoms. The second kappa shape index (κ2) is 5.72. The van der Waals surface area contributed by atoms with Gasteiger partial charge in [0.15, 0.2) is 11.6 Å². The minimum absolute atomic E-state index is 0.115. The molecule has 0 radical (unpaired) electrons. The van der Waals surface area contributed by atoms with Gasteiger partial charge in [-0.3, -0.25) is 0 Å². The Morgan fingerprint density at radius 2 is 1.95 bits per heavy atom. The van der Waals surface area contributed by atoms with Crippen LogP contribution in [0.5, 0.6) is 5.75 Å². The molecule has 1 aliphatic rings. The molecule has 110 valence electrons. The van der Waals surface area contributed by atoms with Gasteiger partial charge in [-0.1, -0.05) is 6.07 Å². The van der Waals surface area contributed by atoms with Crippen LogP contribution in [0.2, 0.25) is 0 Å². The van der Waals surface area contributed by atoms with Gasteiger partial charge in [-0.25, -0.2) is 8.78 Å². The van der Waals surface area contributed by atoms with Crippen LogP contribution in [0.25, 0.3) is 0 Å². The molecule has 3 rings (SSSR count). The van der Waals surface area contributed by atoms with Crippen molar-refractivity contribution in [3.8, 4) is 5.75 Å². The summed E-state index contributed by atoms with van der Waals surface area (Å²) >= 11 is 0. The van der Waals surface area contributed by atoms with Gasteiger partial charge in [0.05, 0.1) is 13.2 Å². The molecule has 0 aliphatic heterocycles. The average molecular weight is 289 g/mol. The van der Waals surface area contributed by atoms with Crippen molar-refractivity contribution < 1.29 is 13.5 Å². The molecule has 21 heavy (non-hydrogen) atoms. The van der Waals surface area contributed by atoms with Crippen LogP contribution in [0.1, 0.15) is 30.0 Å². The fourth-order valence-electron chi connectivity index (χ4n) is 2.85. The van der Waals surface area contributed by atoms with Crippen LogP contribution in [0.15, 0.2) is 36.4 Å². The topological polar surface area (TPSA) is 21.3 Å². The van der Waals surface area contributed by atoms with Gasteiger partial charge in [0.2, 0.25) is 0 Å². The molecule has 1 unspecified atom stereocenters. The van der Waals surface area contributed by atoms with Gasteiger partial charge >= 0.3 is 0 Å². The number of fused-ring (bicyclic) bond motifs is 1. The van der Waals surface area contributed by atoms with E-state index in [1.807, 2.05) is 12.1 Å². The van der Waals surface area contributed by atoms with E-state index in [0.717, 1.165) is 31.1 Å². The van der Waals surface area contributed by atoms with E-state index in [-0.39, 0.29) is 6.04 Å². The summed E-state index contributed by atoms with van der Waals surface area (Å²) in [5.41, 5.74) is 3.05. The van der Waals surface area contributed by atoms with Crippen molar-refractivity contribution in [1.29, 1.82) is 0 Å². The summed E-state index contributed by atoms with van der Waals surface area (Å²) in [7, 11) is 1.65. The summed E-state index contributed by atoms with van der Waals surface area (Å²) in [4.78, 5) is 0. The minimum atomic E-state index is -0.828. The fourth-order valence-corrected chi connectivity index (χ4v) is 2.85. The molecule has 0 spiro atoms. The van der Waals surface area contributed by atoms with E-state index in [0.29, 0.717) is 5.69 Å². The molecule has 2 aromatic carbocycles. The normalized spacial score (nSPS) is 17.2. The smallest absolute Gasteiger partial charge is 0.160 e. The largest absolute Gasteiger partial charge is 0.497 e. The first-order valence-corrected chi connectivity index (χ1v) is 7.06. The third-order valence-corrected chi connectivity index (χ3v) is 3.92. The second-order valence-electron chi connectivity index (χ2n) is 5.28. The first kappa shape index (κ1) is 13.9. The summed E-state index contributed by atoms with van der Waals surface area (Å²) in [6, 6.07) is 10.1. The molecule has 0 saturated heterocycles. The highest BCUT2D eigenvalue weighted by Crippen LogP contribution is 2.34. The van der Waals surface area contributed by atoms with Crippen molar-refractivity contribution in [3.63, 3.8) is 0 Å². The van der Waals surface area contributed by atoms with Crippen LogP contribution >= 0.6 is 0 Å². The van der Waals surface area contributed by atoms with E-state index in [2.05, 4.69) is 11.4 Å². The zero-order valence-corrected chi connectivity index (χ0v) is 11.8. The van der Waals surface area contributed by atoms with Gasteiger partial charge in [0.25, 0.3) is 0 Å². The van der Waals surface area contributed by atoms with Crippen molar-refractivity contribution in [2.75, 3.05) is 12.4 Å². The highest BCUT2D eigenvalue weighted by molar-refractivity contribution is 5.48. The van der Waals surface area contributed by atoms with Crippen LogP contribution in [0.4, 0.5) is 14.5 Å². The van der Waals surface area contributed by atoms with E-state index >= 15 is 0 Å². The molecule has 1 aliphatic carbocycles. The molecule has 0 aromatic heterocycles. The third-order valence-electron chi connectivity index (χ3n) is 3.92. The Kier molecular flexibility index (Phi) is 3.78. The Bertz CT molecular complexity index is 657. The number of hydrogen-bond donors (Lipinski definition) is 1. The highest BCUT2D eigenvalue weighted by atomic mass is 19.2. The Morgan fingerprint density at radius 1 is 1.10 bits per heavy atom. The lowest BCUT2D eigenvalue weighted by molar-refractivity contribution is 0.413. The molecule has 0 saturated carbocycles. The van der Waals surface area contributed by atoms with Crippen molar-refractivity contribution in [2.45, 2.75) is 25.3 Å². The van der Waals surface area contributed by atoms with E-state index in [1.165, 1.54) is 17.2 Å². The molecular weight excluding hydrogens is 272 g/mol. The number of hydrogen-bond acceptors (Lipinski definition) is 2. The van der Waals surface area contributed by atoms with Crippen molar-refractivity contribution in [3.05, 3.63) is 59.2 Å². The van der Waals surface area contributed by atoms with Gasteiger partial charge < -0.3 is 10.1 Å². The lowest BCUT2D eigenvalue weighted by atomic mass is 9.87. The lowest BCUT2D eigenvalue weighted by Gasteiger charge is -2.27. The monoisotopic (exact) mass is 289 g/mol. The van der Waals surface area contributed by atoms with Gasteiger partial charge in [0.1, 0.15) is 5.75 Å². The van der Waals surface area contributed by atoms with Gasteiger partial charge in [-0.15, -0.1) is 0 Å². The number of anilines is 1. The Balaban J connectivity index is 1.86. The van der Waals surface area contributed by atoms with Crippen molar-refractivity contribution in [2.24, 2.45) is 0 Å². The third kappa shape index (κ3) is 2.84. The quantitative estimate of drug-likeness (QED) is 0.900. The van der Waals surface area contributed by atoms with Gasteiger partial charge in [0, 0.05) is 11.8 Å². The molecule has 0 amide bonds. The standard InChI is InChI=1S/C17H17F2NO/c1-21-13-6-7-14-11(9-13)3-2-4-17(14)20-12-5-8-15(18)16(19)10-12/h5-10,17,20H,2-4H2,1H3. The van der Waals surface area contributed by atoms with Crippen LogP contribution in [0, 0.1) is 11.6 Å². The second-order valence-corrected chi connectivity index (χ2v) is 5.28. The molecule has 2 aromatic rings. The van der Waals surface area contributed by atoms with E-state index in [9.17, 15) is 8.78 Å². The summed E-state index contributed by atoms with van der Waals surface area (Å²) in [6.07, 6.45) is 3.04. The maximum Gasteiger partial charge on any atom is 0.160 e. The molecule has 0 heterocycles. The molecule has 0 fully saturated rings. The first-order valence-electron chi connectivity index (χ1n) is 7.06. The van der Waals surface area contributed by atoms with E-state index in [4.69, 9.17) is 4.74 Å². The molecule has 1 N–H and O–H groups in total. The van der Waals surface area contributed by atoms with Crippen LogP contribution in [0.3, 0.4) is 0 Å². The number of aryl methyl sites for hydroxylation is 1. The van der Waals surface area contributed by atoms with Gasteiger partial charge in [-0.05, 0) is 54.7 Å². The van der Waals surface area contributed by atoms with Crippen molar-refractivity contribution >= 4 is 5.69 Å². The van der Waals surface area contributed by atoms with Gasteiger partial charge in [-0.2, -0.15) is 0 Å². The number of methoxy groups -OCH3 is 1. The number of rotatable bonds is 3. The summed E-state index contributed by atoms with van der Waals surface area (Å²) < 4.78 is 31.5. The SMILES string of the molecule is COc1ccc2c(c1)CCCC2Nc1ccc(F)c(F)c1. The summed E-state index contributed by atoms with van der Waals surface area (Å²) in [5.74, 6) is -0.803. The lowest BCUT2D eigenvalue weighted by Crippen LogP contribution is -2.17. The highest BCUT2D eigenvalue weighted by Gasteiger charge is 2.20. The Morgan fingerprint density at radius 3 is 2.71 bits per heavy atom. The number of ether oxygens (including phenoxy) is 1. The predicted molar refractivity (Wildman–Crippen MR) is 78.7 cm³/mol. The predicted octanol–water partition coefficient (Wildman–Crippen LogP) is 4.46. The summed E-state index contributed by atoms with van der Waals surface area (Å²) in [5, 5.41) is 3.30. The zero-order chi connectivity index (χ0) is 14.8. The Hall–Kier alpha value is -2.10. The maximum absolute atomic E-state index is 13.3. The van der Waals surface area contributed by atoms with Crippen LogP contribution in [-0.2, 0) is 6.42 Å². The fraction of sp³-hybridized carbons (Fsp3) is 0.294. The number of nitrogens with one attached hydrogen (secondary N) is 1. The van der Waals surface area contributed by atoms with Crippen LogP contribution < -0.4 is 10.1 Å². The van der Waals surface area contributed by atoms with Crippen LogP contribution in [-0.4, -0.2) is 7.11 Å². The Labute approximate surface area is 122 Å². The molecule has 4 heteroatoms. The number of benzene rings is 2. The molecule has 1 atom stereocenters. The average Bonchev–Trinajstić information content (AvgIpc) is 2.50. The molecular formula is C17H17F2NO. The summed E-state index contributed by atoms with van der Waals surface area (Å²) in [6.45, 7) is 0. The first-order chi connectivity index (χ1) is 10.2. The maximum atomic E-state index is 13.3. The van der Waals surface area contributed by atoms with Crippen molar-refractivity contribution in [1.82, 2.24) is 0 Å². The molecule has 2 nitrogen and oxygen atoms in total.